The molecule has 0 aliphatic rings. The van der Waals surface area contributed by atoms with Gasteiger partial charge < -0.3 is 10.6 Å². The van der Waals surface area contributed by atoms with Crippen molar-refractivity contribution in [3.63, 3.8) is 0 Å². The number of aryl methyl sites for hydroxylation is 1. The summed E-state index contributed by atoms with van der Waals surface area (Å²) in [6.45, 7) is 2.01. The molecule has 1 heterocycles. The fraction of sp³-hybridized carbons (Fsp3) is 0.0556. The topological polar surface area (TPSA) is 66.9 Å². The Bertz CT molecular complexity index is 848. The maximum Gasteiger partial charge on any atom is 0.256 e. The summed E-state index contributed by atoms with van der Waals surface area (Å²) in [5.41, 5.74) is 2.40. The Morgan fingerprint density at radius 1 is 0.958 bits per heavy atom. The molecule has 1 amide bonds. The first kappa shape index (κ1) is 15.6. The molecule has 0 unspecified atom stereocenters. The molecule has 0 radical (unpaired) electrons. The molecule has 0 saturated carbocycles. The van der Waals surface area contributed by atoms with Crippen LogP contribution >= 0.6 is 0 Å². The highest BCUT2D eigenvalue weighted by Crippen LogP contribution is 2.17. The van der Waals surface area contributed by atoms with Crippen LogP contribution in [0.4, 0.5) is 21.7 Å². The van der Waals surface area contributed by atoms with E-state index in [1.165, 1.54) is 30.6 Å². The van der Waals surface area contributed by atoms with Crippen molar-refractivity contribution >= 4 is 23.2 Å². The molecule has 0 saturated heterocycles. The molecule has 0 spiro atoms. The van der Waals surface area contributed by atoms with Crippen LogP contribution in [0.25, 0.3) is 0 Å². The summed E-state index contributed by atoms with van der Waals surface area (Å²) in [5.74, 6) is 0.158. The Morgan fingerprint density at radius 3 is 2.33 bits per heavy atom. The number of anilines is 3. The van der Waals surface area contributed by atoms with E-state index in [1.54, 1.807) is 6.07 Å². The average Bonchev–Trinajstić information content (AvgIpc) is 2.58. The zero-order valence-electron chi connectivity index (χ0n) is 13.0. The molecule has 2 N–H and O–H groups in total. The summed E-state index contributed by atoms with van der Waals surface area (Å²) in [7, 11) is 0. The molecule has 1 aromatic heterocycles. The standard InChI is InChI=1S/C18H15FN4O/c1-12-2-8-15(9-3-12)22-16-10-17(21-11-20-16)23-18(24)13-4-6-14(19)7-5-13/h2-11H,1H3,(H2,20,21,22,23,24). The second-order valence-electron chi connectivity index (χ2n) is 5.24. The van der Waals surface area contributed by atoms with Crippen molar-refractivity contribution in [2.24, 2.45) is 0 Å². The van der Waals surface area contributed by atoms with Gasteiger partial charge in [0.2, 0.25) is 0 Å². The number of carbonyl (C=O) groups is 1. The zero-order valence-corrected chi connectivity index (χ0v) is 13.0. The first-order valence-electron chi connectivity index (χ1n) is 7.33. The third-order valence-electron chi connectivity index (χ3n) is 3.34. The van der Waals surface area contributed by atoms with Crippen LogP contribution in [0, 0.1) is 12.7 Å². The highest BCUT2D eigenvalue weighted by molar-refractivity contribution is 6.03. The SMILES string of the molecule is Cc1ccc(Nc2cc(NC(=O)c3ccc(F)cc3)ncn2)cc1. The Kier molecular flexibility index (Phi) is 4.47. The molecule has 6 heteroatoms. The van der Waals surface area contributed by atoms with E-state index in [9.17, 15) is 9.18 Å². The Balaban J connectivity index is 1.71. The molecule has 3 aromatic rings. The number of carbonyl (C=O) groups excluding carboxylic acids is 1. The second kappa shape index (κ2) is 6.87. The molecule has 24 heavy (non-hydrogen) atoms. The van der Waals surface area contributed by atoms with E-state index in [2.05, 4.69) is 20.6 Å². The largest absolute Gasteiger partial charge is 0.340 e. The maximum absolute atomic E-state index is 12.9. The van der Waals surface area contributed by atoms with E-state index in [-0.39, 0.29) is 5.91 Å². The highest BCUT2D eigenvalue weighted by Gasteiger charge is 2.08. The molecular weight excluding hydrogens is 307 g/mol. The third-order valence-corrected chi connectivity index (χ3v) is 3.34. The smallest absolute Gasteiger partial charge is 0.256 e. The molecule has 5 nitrogen and oxygen atoms in total. The first-order chi connectivity index (χ1) is 11.6. The van der Waals surface area contributed by atoms with Gasteiger partial charge in [-0.25, -0.2) is 14.4 Å². The minimum atomic E-state index is -0.391. The van der Waals surface area contributed by atoms with Gasteiger partial charge in [0.1, 0.15) is 23.8 Å². The van der Waals surface area contributed by atoms with E-state index in [0.29, 0.717) is 17.2 Å². The predicted octanol–water partition coefficient (Wildman–Crippen LogP) is 3.92. The highest BCUT2D eigenvalue weighted by atomic mass is 19.1. The van der Waals surface area contributed by atoms with Crippen molar-refractivity contribution in [1.29, 1.82) is 0 Å². The van der Waals surface area contributed by atoms with E-state index in [4.69, 9.17) is 0 Å². The van der Waals surface area contributed by atoms with Gasteiger partial charge in [0, 0.05) is 17.3 Å². The lowest BCUT2D eigenvalue weighted by Crippen LogP contribution is -2.13. The normalized spacial score (nSPS) is 10.2. The van der Waals surface area contributed by atoms with Gasteiger partial charge in [-0.3, -0.25) is 4.79 Å². The first-order valence-corrected chi connectivity index (χ1v) is 7.33. The molecule has 0 atom stereocenters. The number of halogens is 1. The lowest BCUT2D eigenvalue weighted by atomic mass is 10.2. The van der Waals surface area contributed by atoms with Crippen LogP contribution in [0.3, 0.4) is 0 Å². The number of nitrogens with zero attached hydrogens (tertiary/aromatic N) is 2. The quantitative estimate of drug-likeness (QED) is 0.764. The van der Waals surface area contributed by atoms with Gasteiger partial charge in [-0.05, 0) is 43.3 Å². The van der Waals surface area contributed by atoms with Crippen molar-refractivity contribution in [3.8, 4) is 0 Å². The van der Waals surface area contributed by atoms with Gasteiger partial charge in [0.15, 0.2) is 0 Å². The summed E-state index contributed by atoms with van der Waals surface area (Å²) in [5, 5.41) is 5.80. The van der Waals surface area contributed by atoms with Crippen LogP contribution in [-0.4, -0.2) is 15.9 Å². The fourth-order valence-electron chi connectivity index (χ4n) is 2.07. The second-order valence-corrected chi connectivity index (χ2v) is 5.24. The van der Waals surface area contributed by atoms with E-state index in [1.807, 2.05) is 31.2 Å². The molecule has 0 fully saturated rings. The summed E-state index contributed by atoms with van der Waals surface area (Å²) >= 11 is 0. The van der Waals surface area contributed by atoms with Crippen LogP contribution < -0.4 is 10.6 Å². The average molecular weight is 322 g/mol. The molecule has 120 valence electrons. The number of hydrogen-bond acceptors (Lipinski definition) is 4. The number of hydrogen-bond donors (Lipinski definition) is 2. The van der Waals surface area contributed by atoms with Crippen LogP contribution in [0.5, 0.6) is 0 Å². The fourth-order valence-corrected chi connectivity index (χ4v) is 2.07. The van der Waals surface area contributed by atoms with E-state index < -0.39 is 5.82 Å². The maximum atomic E-state index is 12.9. The minimum absolute atomic E-state index is 0.350. The van der Waals surface area contributed by atoms with Crippen LogP contribution in [0.15, 0.2) is 60.9 Å². The van der Waals surface area contributed by atoms with Crippen LogP contribution in [0.2, 0.25) is 0 Å². The van der Waals surface area contributed by atoms with Crippen molar-refractivity contribution in [2.75, 3.05) is 10.6 Å². The lowest BCUT2D eigenvalue weighted by Gasteiger charge is -2.08. The number of rotatable bonds is 4. The van der Waals surface area contributed by atoms with Gasteiger partial charge in [-0.2, -0.15) is 0 Å². The predicted molar refractivity (Wildman–Crippen MR) is 90.8 cm³/mol. The minimum Gasteiger partial charge on any atom is -0.340 e. The summed E-state index contributed by atoms with van der Waals surface area (Å²) < 4.78 is 12.9. The summed E-state index contributed by atoms with van der Waals surface area (Å²) in [4.78, 5) is 20.3. The number of amides is 1. The summed E-state index contributed by atoms with van der Waals surface area (Å²) in [6, 6.07) is 14.8. The Hall–Kier alpha value is -3.28. The van der Waals surface area contributed by atoms with Crippen molar-refractivity contribution in [3.05, 3.63) is 77.9 Å². The van der Waals surface area contributed by atoms with Crippen LogP contribution in [0.1, 0.15) is 15.9 Å². The van der Waals surface area contributed by atoms with Crippen molar-refractivity contribution < 1.29 is 9.18 Å². The Labute approximate surface area is 138 Å². The molecular formula is C18H15FN4O. The van der Waals surface area contributed by atoms with Crippen LogP contribution in [-0.2, 0) is 0 Å². The zero-order chi connectivity index (χ0) is 16.9. The summed E-state index contributed by atoms with van der Waals surface area (Å²) in [6.07, 6.45) is 1.36. The van der Waals surface area contributed by atoms with Crippen molar-refractivity contribution in [1.82, 2.24) is 9.97 Å². The lowest BCUT2D eigenvalue weighted by molar-refractivity contribution is 0.102. The van der Waals surface area contributed by atoms with Gasteiger partial charge in [0.25, 0.3) is 5.91 Å². The van der Waals surface area contributed by atoms with Gasteiger partial charge >= 0.3 is 0 Å². The number of nitrogens with one attached hydrogen (secondary N) is 2. The van der Waals surface area contributed by atoms with Gasteiger partial charge in [-0.1, -0.05) is 17.7 Å². The van der Waals surface area contributed by atoms with Gasteiger partial charge in [0.05, 0.1) is 0 Å². The van der Waals surface area contributed by atoms with E-state index in [0.717, 1.165) is 11.3 Å². The number of benzene rings is 2. The molecule has 0 aliphatic heterocycles. The molecule has 0 aliphatic carbocycles. The van der Waals surface area contributed by atoms with Gasteiger partial charge in [-0.15, -0.1) is 0 Å². The molecule has 3 rings (SSSR count). The molecule has 2 aromatic carbocycles. The molecule has 0 bridgehead atoms. The van der Waals surface area contributed by atoms with E-state index >= 15 is 0 Å². The Morgan fingerprint density at radius 2 is 1.62 bits per heavy atom. The number of aromatic nitrogens is 2. The monoisotopic (exact) mass is 322 g/mol. The van der Waals surface area contributed by atoms with Crippen molar-refractivity contribution in [2.45, 2.75) is 6.92 Å². The third kappa shape index (κ3) is 3.92.